The molecule has 2 aromatic rings. The highest BCUT2D eigenvalue weighted by molar-refractivity contribution is 7.89. The van der Waals surface area contributed by atoms with Crippen molar-refractivity contribution in [1.82, 2.24) is 14.1 Å². The molecule has 1 aromatic carbocycles. The number of nitrogens with zero attached hydrogens (tertiary/aromatic N) is 4. The highest BCUT2D eigenvalue weighted by Crippen LogP contribution is 2.31. The van der Waals surface area contributed by atoms with Gasteiger partial charge in [-0.15, -0.1) is 0 Å². The number of benzene rings is 1. The van der Waals surface area contributed by atoms with Crippen molar-refractivity contribution in [3.63, 3.8) is 0 Å². The fraction of sp³-hybridized carbons (Fsp3) is 0.353. The lowest BCUT2D eigenvalue weighted by Crippen LogP contribution is -2.39. The van der Waals surface area contributed by atoms with Crippen molar-refractivity contribution in [3.05, 3.63) is 47.3 Å². The van der Waals surface area contributed by atoms with Gasteiger partial charge in [-0.1, -0.05) is 12.1 Å². The molecule has 2 N–H and O–H groups in total. The number of carbonyl (C=O) groups excluding carboxylic acids is 1. The minimum atomic E-state index is -3.81. The van der Waals surface area contributed by atoms with Crippen LogP contribution in [0, 0.1) is 11.3 Å². The summed E-state index contributed by atoms with van der Waals surface area (Å²) >= 11 is 0. The number of carbonyl (C=O) groups is 1. The summed E-state index contributed by atoms with van der Waals surface area (Å²) in [5.41, 5.74) is 6.38. The van der Waals surface area contributed by atoms with Gasteiger partial charge in [-0.05, 0) is 25.0 Å². The zero-order valence-corrected chi connectivity index (χ0v) is 15.1. The number of nitrogens with two attached hydrogens (primary N) is 1. The number of hydrogen-bond acceptors (Lipinski definition) is 5. The van der Waals surface area contributed by atoms with Crippen LogP contribution in [0.1, 0.15) is 40.4 Å². The minimum absolute atomic E-state index is 0.000652. The SMILES string of the molecule is Cn1cc(C(N)=O)c(C2CCCN(S(=O)(=O)c3ccccc3C#N)C2)n1. The Morgan fingerprint density at radius 2 is 2.12 bits per heavy atom. The molecule has 3 rings (SSSR count). The quantitative estimate of drug-likeness (QED) is 0.855. The van der Waals surface area contributed by atoms with Gasteiger partial charge >= 0.3 is 0 Å². The van der Waals surface area contributed by atoms with Crippen LogP contribution in [-0.2, 0) is 17.1 Å². The van der Waals surface area contributed by atoms with Crippen LogP contribution >= 0.6 is 0 Å². The highest BCUT2D eigenvalue weighted by atomic mass is 32.2. The first-order chi connectivity index (χ1) is 12.3. The van der Waals surface area contributed by atoms with Crippen LogP contribution in [0.15, 0.2) is 35.4 Å². The van der Waals surface area contributed by atoms with E-state index in [4.69, 9.17) is 5.73 Å². The first kappa shape index (κ1) is 18.1. The number of rotatable bonds is 4. The second-order valence-electron chi connectivity index (χ2n) is 6.28. The lowest BCUT2D eigenvalue weighted by Gasteiger charge is -2.31. The third-order valence-corrected chi connectivity index (χ3v) is 6.44. The monoisotopic (exact) mass is 373 g/mol. The number of nitriles is 1. The van der Waals surface area contributed by atoms with Gasteiger partial charge in [0, 0.05) is 32.3 Å². The minimum Gasteiger partial charge on any atom is -0.365 e. The normalized spacial score (nSPS) is 18.4. The summed E-state index contributed by atoms with van der Waals surface area (Å²) < 4.78 is 28.9. The maximum Gasteiger partial charge on any atom is 0.252 e. The number of hydrogen-bond donors (Lipinski definition) is 1. The van der Waals surface area contributed by atoms with E-state index >= 15 is 0 Å². The molecule has 136 valence electrons. The van der Waals surface area contributed by atoms with Crippen LogP contribution in [0.5, 0.6) is 0 Å². The first-order valence-corrected chi connectivity index (χ1v) is 9.61. The van der Waals surface area contributed by atoms with E-state index in [0.717, 1.165) is 0 Å². The molecule has 1 atom stereocenters. The maximum absolute atomic E-state index is 13.0. The third-order valence-electron chi connectivity index (χ3n) is 4.52. The fourth-order valence-electron chi connectivity index (χ4n) is 3.30. The predicted octanol–water partition coefficient (Wildman–Crippen LogP) is 0.959. The van der Waals surface area contributed by atoms with E-state index in [9.17, 15) is 18.5 Å². The van der Waals surface area contributed by atoms with Gasteiger partial charge in [-0.2, -0.15) is 14.7 Å². The Balaban J connectivity index is 1.94. The van der Waals surface area contributed by atoms with Gasteiger partial charge in [0.05, 0.1) is 21.7 Å². The lowest BCUT2D eigenvalue weighted by molar-refractivity contribution is 0.0998. The maximum atomic E-state index is 13.0. The largest absolute Gasteiger partial charge is 0.365 e. The molecule has 0 bridgehead atoms. The molecule has 1 amide bonds. The Hall–Kier alpha value is -2.70. The predicted molar refractivity (Wildman–Crippen MR) is 93.6 cm³/mol. The Morgan fingerprint density at radius 1 is 1.38 bits per heavy atom. The molecule has 1 aliphatic heterocycles. The van der Waals surface area contributed by atoms with E-state index in [0.29, 0.717) is 30.6 Å². The summed E-state index contributed by atoms with van der Waals surface area (Å²) in [5, 5.41) is 13.5. The number of sulfonamides is 1. The topological polar surface area (TPSA) is 122 Å². The number of primary amides is 1. The molecule has 9 heteroatoms. The molecule has 1 unspecified atom stereocenters. The van der Waals surface area contributed by atoms with Gasteiger partial charge in [0.2, 0.25) is 10.0 Å². The smallest absolute Gasteiger partial charge is 0.252 e. The van der Waals surface area contributed by atoms with E-state index in [1.165, 1.54) is 21.1 Å². The van der Waals surface area contributed by atoms with Crippen LogP contribution in [0.25, 0.3) is 0 Å². The van der Waals surface area contributed by atoms with Gasteiger partial charge in [0.15, 0.2) is 0 Å². The molecule has 0 aliphatic carbocycles. The standard InChI is InChI=1S/C17H19N5O3S/c1-21-11-14(17(19)23)16(20-21)13-6-4-8-22(10-13)26(24,25)15-7-3-2-5-12(15)9-18/h2-3,5,7,11,13H,4,6,8,10H2,1H3,(H2,19,23). The van der Waals surface area contributed by atoms with Gasteiger partial charge in [0.25, 0.3) is 5.91 Å². The van der Waals surface area contributed by atoms with E-state index < -0.39 is 15.9 Å². The molecular weight excluding hydrogens is 354 g/mol. The van der Waals surface area contributed by atoms with Gasteiger partial charge in [0.1, 0.15) is 6.07 Å². The molecule has 1 saturated heterocycles. The van der Waals surface area contributed by atoms with Crippen molar-refractivity contribution in [3.8, 4) is 6.07 Å². The first-order valence-electron chi connectivity index (χ1n) is 8.17. The van der Waals surface area contributed by atoms with Crippen molar-refractivity contribution in [1.29, 1.82) is 5.26 Å². The second-order valence-corrected chi connectivity index (χ2v) is 8.18. The Labute approximate surface area is 151 Å². The van der Waals surface area contributed by atoms with E-state index in [2.05, 4.69) is 5.10 Å². The molecule has 0 radical (unpaired) electrons. The second kappa shape index (κ2) is 6.90. The zero-order chi connectivity index (χ0) is 18.9. The number of amides is 1. The van der Waals surface area contributed by atoms with E-state index in [-0.39, 0.29) is 22.9 Å². The average molecular weight is 373 g/mol. The summed E-state index contributed by atoms with van der Waals surface area (Å²) in [7, 11) is -2.12. The molecule has 0 saturated carbocycles. The van der Waals surface area contributed by atoms with Crippen LogP contribution in [-0.4, -0.2) is 41.5 Å². The third kappa shape index (κ3) is 3.21. The summed E-state index contributed by atoms with van der Waals surface area (Å²) in [4.78, 5) is 11.7. The van der Waals surface area contributed by atoms with Crippen molar-refractivity contribution in [2.75, 3.05) is 13.1 Å². The van der Waals surface area contributed by atoms with Crippen molar-refractivity contribution >= 4 is 15.9 Å². The Bertz CT molecular complexity index is 990. The summed E-state index contributed by atoms with van der Waals surface area (Å²) in [6.45, 7) is 0.552. The molecule has 0 spiro atoms. The molecule has 2 heterocycles. The lowest BCUT2D eigenvalue weighted by atomic mass is 9.93. The number of aromatic nitrogens is 2. The number of aryl methyl sites for hydroxylation is 1. The van der Waals surface area contributed by atoms with Crippen molar-refractivity contribution in [2.24, 2.45) is 12.8 Å². The number of piperidine rings is 1. The molecule has 1 fully saturated rings. The van der Waals surface area contributed by atoms with Crippen molar-refractivity contribution < 1.29 is 13.2 Å². The van der Waals surface area contributed by atoms with Gasteiger partial charge in [-0.3, -0.25) is 9.48 Å². The molecule has 8 nitrogen and oxygen atoms in total. The van der Waals surface area contributed by atoms with Crippen molar-refractivity contribution in [2.45, 2.75) is 23.7 Å². The highest BCUT2D eigenvalue weighted by Gasteiger charge is 2.34. The van der Waals surface area contributed by atoms with Gasteiger partial charge in [-0.25, -0.2) is 8.42 Å². The average Bonchev–Trinajstić information content (AvgIpc) is 3.04. The van der Waals surface area contributed by atoms with Crippen LogP contribution in [0.3, 0.4) is 0 Å². The molecule has 26 heavy (non-hydrogen) atoms. The van der Waals surface area contributed by atoms with Crippen LogP contribution < -0.4 is 5.73 Å². The van der Waals surface area contributed by atoms with E-state index in [1.54, 1.807) is 25.4 Å². The Morgan fingerprint density at radius 3 is 2.81 bits per heavy atom. The van der Waals surface area contributed by atoms with Crippen LogP contribution in [0.4, 0.5) is 0 Å². The summed E-state index contributed by atoms with van der Waals surface area (Å²) in [6, 6.07) is 8.08. The fourth-order valence-corrected chi connectivity index (χ4v) is 4.97. The summed E-state index contributed by atoms with van der Waals surface area (Å²) in [6.07, 6.45) is 2.90. The van der Waals surface area contributed by atoms with Gasteiger partial charge < -0.3 is 5.73 Å². The molecule has 1 aromatic heterocycles. The molecular formula is C17H19N5O3S. The van der Waals surface area contributed by atoms with E-state index in [1.807, 2.05) is 6.07 Å². The van der Waals surface area contributed by atoms with Crippen LogP contribution in [0.2, 0.25) is 0 Å². The Kier molecular flexibility index (Phi) is 4.80. The summed E-state index contributed by atoms with van der Waals surface area (Å²) in [5.74, 6) is -0.806. The molecule has 1 aliphatic rings. The zero-order valence-electron chi connectivity index (χ0n) is 14.3.